The van der Waals surface area contributed by atoms with Crippen LogP contribution in [0.3, 0.4) is 0 Å². The third-order valence-corrected chi connectivity index (χ3v) is 5.66. The van der Waals surface area contributed by atoms with E-state index < -0.39 is 0 Å². The quantitative estimate of drug-likeness (QED) is 0.303. The Hall–Kier alpha value is -3.15. The zero-order valence-electron chi connectivity index (χ0n) is 14.7. The van der Waals surface area contributed by atoms with Crippen LogP contribution in [0.2, 0.25) is 0 Å². The van der Waals surface area contributed by atoms with Gasteiger partial charge in [0.1, 0.15) is 21.8 Å². The van der Waals surface area contributed by atoms with E-state index in [1.54, 1.807) is 18.2 Å². The summed E-state index contributed by atoms with van der Waals surface area (Å²) in [6.07, 6.45) is 1.51. The van der Waals surface area contributed by atoms with E-state index in [1.807, 2.05) is 30.3 Å². The number of rotatable bonds is 3. The van der Waals surface area contributed by atoms with Crippen LogP contribution in [0.25, 0.3) is 22.4 Å². The highest BCUT2D eigenvalue weighted by molar-refractivity contribution is 9.11. The molecule has 4 aromatic rings. The number of aromatic hydroxyl groups is 2. The topological polar surface area (TPSA) is 105 Å². The van der Waals surface area contributed by atoms with Crippen molar-refractivity contribution < 1.29 is 10.2 Å². The molecule has 0 saturated heterocycles. The van der Waals surface area contributed by atoms with Gasteiger partial charge in [-0.3, -0.25) is 4.99 Å². The average Bonchev–Trinajstić information content (AvgIpc) is 3.17. The third kappa shape index (κ3) is 3.75. The minimum absolute atomic E-state index is 0.0760. The molecule has 0 aliphatic rings. The Balaban J connectivity index is 1.66. The molecule has 0 radical (unpaired) electrons. The van der Waals surface area contributed by atoms with Crippen molar-refractivity contribution in [3.63, 3.8) is 0 Å². The second-order valence-electron chi connectivity index (χ2n) is 6.19. The summed E-state index contributed by atoms with van der Waals surface area (Å²) in [5.41, 5.74) is 4.20. The van der Waals surface area contributed by atoms with E-state index >= 15 is 0 Å². The Morgan fingerprint density at radius 1 is 1.03 bits per heavy atom. The van der Waals surface area contributed by atoms with Gasteiger partial charge in [0.25, 0.3) is 0 Å². The summed E-state index contributed by atoms with van der Waals surface area (Å²) in [4.78, 5) is 12.3. The fraction of sp³-hybridized carbons (Fsp3) is 0. The lowest BCUT2D eigenvalue weighted by molar-refractivity contribution is 0.442. The first-order valence-electron chi connectivity index (χ1n) is 8.40. The van der Waals surface area contributed by atoms with Crippen molar-refractivity contribution >= 4 is 54.8 Å². The molecule has 1 aromatic heterocycles. The number of imidazole rings is 1. The third-order valence-electron chi connectivity index (χ3n) is 4.30. The standard InChI is InChI=1S/C21H12Br2N4O2/c22-15-7-13(19(28)18(23)20(15)29)10-25-14-5-6-16-17(8-14)27-21(26-16)12-3-1-11(9-24)2-4-12/h1-8,10,28-29H,(H,26,27)/b25-10+. The smallest absolute Gasteiger partial charge is 0.147 e. The van der Waals surface area contributed by atoms with Crippen LogP contribution >= 0.6 is 31.9 Å². The molecule has 3 aromatic carbocycles. The zero-order valence-corrected chi connectivity index (χ0v) is 17.9. The second kappa shape index (κ2) is 7.70. The van der Waals surface area contributed by atoms with E-state index in [1.165, 1.54) is 6.21 Å². The molecule has 0 saturated carbocycles. The van der Waals surface area contributed by atoms with Crippen LogP contribution in [-0.4, -0.2) is 26.4 Å². The molecule has 3 N–H and O–H groups in total. The number of nitriles is 1. The summed E-state index contributed by atoms with van der Waals surface area (Å²) in [5.74, 6) is 0.529. The monoisotopic (exact) mass is 510 g/mol. The van der Waals surface area contributed by atoms with Crippen molar-refractivity contribution in [2.75, 3.05) is 0 Å². The van der Waals surface area contributed by atoms with Crippen molar-refractivity contribution in [1.82, 2.24) is 9.97 Å². The summed E-state index contributed by atoms with van der Waals surface area (Å²) in [7, 11) is 0. The molecule has 0 bridgehead atoms. The second-order valence-corrected chi connectivity index (χ2v) is 7.84. The van der Waals surface area contributed by atoms with Crippen molar-refractivity contribution in [3.05, 3.63) is 68.6 Å². The van der Waals surface area contributed by atoms with Crippen molar-refractivity contribution in [2.24, 2.45) is 4.99 Å². The van der Waals surface area contributed by atoms with Gasteiger partial charge in [-0.1, -0.05) is 0 Å². The molecule has 0 spiro atoms. The van der Waals surface area contributed by atoms with Crippen LogP contribution in [0.5, 0.6) is 11.5 Å². The highest BCUT2D eigenvalue weighted by atomic mass is 79.9. The van der Waals surface area contributed by atoms with Gasteiger partial charge in [0.15, 0.2) is 0 Å². The lowest BCUT2D eigenvalue weighted by Gasteiger charge is -2.06. The molecule has 0 aliphatic heterocycles. The fourth-order valence-electron chi connectivity index (χ4n) is 2.77. The van der Waals surface area contributed by atoms with Crippen LogP contribution in [-0.2, 0) is 0 Å². The molecule has 0 atom stereocenters. The van der Waals surface area contributed by atoms with Crippen molar-refractivity contribution in [2.45, 2.75) is 0 Å². The molecule has 4 rings (SSSR count). The van der Waals surface area contributed by atoms with Gasteiger partial charge >= 0.3 is 0 Å². The molecule has 0 unspecified atom stereocenters. The van der Waals surface area contributed by atoms with Crippen molar-refractivity contribution in [1.29, 1.82) is 5.26 Å². The summed E-state index contributed by atoms with van der Waals surface area (Å²) < 4.78 is 0.640. The largest absolute Gasteiger partial charge is 0.506 e. The number of hydrogen-bond donors (Lipinski definition) is 3. The Morgan fingerprint density at radius 3 is 2.52 bits per heavy atom. The number of aliphatic imine (C=N–C) groups is 1. The van der Waals surface area contributed by atoms with Gasteiger partial charge in [0.2, 0.25) is 0 Å². The van der Waals surface area contributed by atoms with Gasteiger partial charge < -0.3 is 15.2 Å². The van der Waals surface area contributed by atoms with E-state index in [4.69, 9.17) is 5.26 Å². The molecule has 0 fully saturated rings. The van der Waals surface area contributed by atoms with Crippen molar-refractivity contribution in [3.8, 4) is 29.0 Å². The first-order chi connectivity index (χ1) is 14.0. The summed E-state index contributed by atoms with van der Waals surface area (Å²) in [6.45, 7) is 0. The number of nitrogens with one attached hydrogen (secondary N) is 1. The van der Waals surface area contributed by atoms with E-state index in [0.29, 0.717) is 27.1 Å². The number of H-pyrrole nitrogens is 1. The molecular weight excluding hydrogens is 500 g/mol. The molecule has 0 aliphatic carbocycles. The van der Waals surface area contributed by atoms with E-state index in [0.717, 1.165) is 16.6 Å². The number of nitrogens with zero attached hydrogens (tertiary/aromatic N) is 3. The van der Waals surface area contributed by atoms with E-state index in [2.05, 4.69) is 52.9 Å². The molecule has 1 heterocycles. The molecule has 0 amide bonds. The van der Waals surface area contributed by atoms with Crippen LogP contribution in [0.1, 0.15) is 11.1 Å². The van der Waals surface area contributed by atoms with Gasteiger partial charge in [-0.15, -0.1) is 0 Å². The molecule has 142 valence electrons. The summed E-state index contributed by atoms with van der Waals surface area (Å²) in [5, 5.41) is 28.9. The van der Waals surface area contributed by atoms with Crippen LogP contribution in [0, 0.1) is 11.3 Å². The minimum Gasteiger partial charge on any atom is -0.506 e. The Labute approximate surface area is 182 Å². The molecular formula is C21H12Br2N4O2. The Kier molecular flexibility index (Phi) is 5.09. The number of hydrogen-bond acceptors (Lipinski definition) is 5. The number of halogens is 2. The number of phenols is 2. The Morgan fingerprint density at radius 2 is 1.79 bits per heavy atom. The number of aromatic nitrogens is 2. The maximum atomic E-state index is 10.2. The predicted molar refractivity (Wildman–Crippen MR) is 119 cm³/mol. The first-order valence-corrected chi connectivity index (χ1v) is 9.99. The summed E-state index contributed by atoms with van der Waals surface area (Å²) in [6, 6.07) is 16.4. The number of benzene rings is 3. The van der Waals surface area contributed by atoms with Crippen LogP contribution < -0.4 is 0 Å². The maximum Gasteiger partial charge on any atom is 0.147 e. The van der Waals surface area contributed by atoms with Crippen LogP contribution in [0.4, 0.5) is 5.69 Å². The fourth-order valence-corrected chi connectivity index (χ4v) is 3.93. The van der Waals surface area contributed by atoms with Crippen LogP contribution in [0.15, 0.2) is 62.5 Å². The lowest BCUT2D eigenvalue weighted by Crippen LogP contribution is -1.85. The Bertz CT molecular complexity index is 1310. The number of phenolic OH excluding ortho intramolecular Hbond substituents is 2. The number of aromatic amines is 1. The van der Waals surface area contributed by atoms with Gasteiger partial charge in [-0.2, -0.15) is 5.26 Å². The highest BCUT2D eigenvalue weighted by Crippen LogP contribution is 2.40. The zero-order chi connectivity index (χ0) is 20.5. The first kappa shape index (κ1) is 19.2. The number of fused-ring (bicyclic) bond motifs is 1. The maximum absolute atomic E-state index is 10.2. The van der Waals surface area contributed by atoms with E-state index in [-0.39, 0.29) is 16.0 Å². The SMILES string of the molecule is N#Cc1ccc(-c2nc3cc(/N=C/c4cc(Br)c(O)c(Br)c4O)ccc3[nH]2)cc1. The van der Waals surface area contributed by atoms with Gasteiger partial charge in [0.05, 0.1) is 32.8 Å². The normalized spacial score (nSPS) is 11.2. The average molecular weight is 512 g/mol. The molecule has 29 heavy (non-hydrogen) atoms. The lowest BCUT2D eigenvalue weighted by atomic mass is 10.1. The van der Waals surface area contributed by atoms with Gasteiger partial charge in [0, 0.05) is 17.3 Å². The molecule has 6 nitrogen and oxygen atoms in total. The highest BCUT2D eigenvalue weighted by Gasteiger charge is 2.13. The van der Waals surface area contributed by atoms with Gasteiger partial charge in [-0.25, -0.2) is 4.98 Å². The minimum atomic E-state index is -0.0987. The summed E-state index contributed by atoms with van der Waals surface area (Å²) >= 11 is 6.39. The molecule has 8 heteroatoms. The predicted octanol–water partition coefficient (Wildman–Crippen LogP) is 5.79. The van der Waals surface area contributed by atoms with E-state index in [9.17, 15) is 10.2 Å². The van der Waals surface area contributed by atoms with Gasteiger partial charge in [-0.05, 0) is 80.4 Å².